The third kappa shape index (κ3) is 5.19. The fraction of sp³-hybridized carbons (Fsp3) is 0.600. The zero-order chi connectivity index (χ0) is 15.1. The van der Waals surface area contributed by atoms with E-state index in [0.717, 1.165) is 30.2 Å². The van der Waals surface area contributed by atoms with Gasteiger partial charge in [0.15, 0.2) is 0 Å². The van der Waals surface area contributed by atoms with Crippen molar-refractivity contribution < 1.29 is 14.3 Å². The molecular formula is C15H21BrN2O3. The number of amides is 1. The Kier molecular flexibility index (Phi) is 6.29. The monoisotopic (exact) mass is 356 g/mol. The average Bonchev–Trinajstić information content (AvgIpc) is 2.50. The van der Waals surface area contributed by atoms with Crippen molar-refractivity contribution in [2.75, 3.05) is 19.7 Å². The van der Waals surface area contributed by atoms with E-state index in [0.29, 0.717) is 25.6 Å². The second-order valence-electron chi connectivity index (χ2n) is 5.09. The molecule has 1 fully saturated rings. The molecule has 0 unspecified atom stereocenters. The number of pyridine rings is 1. The van der Waals surface area contributed by atoms with Gasteiger partial charge in [0, 0.05) is 42.7 Å². The van der Waals surface area contributed by atoms with E-state index in [1.165, 1.54) is 0 Å². The molecule has 1 aromatic rings. The highest BCUT2D eigenvalue weighted by atomic mass is 79.9. The number of rotatable bonds is 5. The zero-order valence-corrected chi connectivity index (χ0v) is 13.8. The summed E-state index contributed by atoms with van der Waals surface area (Å²) in [6.07, 6.45) is 5.18. The minimum atomic E-state index is -0.205. The Morgan fingerprint density at radius 1 is 1.43 bits per heavy atom. The molecular weight excluding hydrogens is 336 g/mol. The minimum Gasteiger partial charge on any atom is -0.474 e. The van der Waals surface area contributed by atoms with Gasteiger partial charge in [-0.25, -0.2) is 9.78 Å². The summed E-state index contributed by atoms with van der Waals surface area (Å²) in [5.41, 5.74) is 0. The van der Waals surface area contributed by atoms with Crippen LogP contribution in [0.3, 0.4) is 0 Å². The number of carbonyl (C=O) groups is 1. The molecule has 1 amide bonds. The summed E-state index contributed by atoms with van der Waals surface area (Å²) in [7, 11) is 0. The van der Waals surface area contributed by atoms with Gasteiger partial charge in [-0.2, -0.15) is 0 Å². The largest absolute Gasteiger partial charge is 0.474 e. The maximum absolute atomic E-state index is 11.8. The molecule has 0 radical (unpaired) electrons. The first kappa shape index (κ1) is 16.1. The molecule has 6 heteroatoms. The molecule has 0 spiro atoms. The molecule has 2 rings (SSSR count). The van der Waals surface area contributed by atoms with Gasteiger partial charge in [0.25, 0.3) is 0 Å². The number of nitrogens with zero attached hydrogens (tertiary/aromatic N) is 2. The van der Waals surface area contributed by atoms with Crippen LogP contribution in [0.2, 0.25) is 0 Å². The van der Waals surface area contributed by atoms with Crippen LogP contribution in [0.1, 0.15) is 32.6 Å². The number of hydrogen-bond donors (Lipinski definition) is 0. The van der Waals surface area contributed by atoms with Crippen molar-refractivity contribution in [3.05, 3.63) is 22.8 Å². The highest BCUT2D eigenvalue weighted by molar-refractivity contribution is 9.10. The van der Waals surface area contributed by atoms with E-state index in [4.69, 9.17) is 9.47 Å². The van der Waals surface area contributed by atoms with Crippen LogP contribution in [0.4, 0.5) is 4.79 Å². The topological polar surface area (TPSA) is 51.7 Å². The molecule has 1 saturated heterocycles. The second-order valence-corrected chi connectivity index (χ2v) is 6.00. The van der Waals surface area contributed by atoms with Crippen LogP contribution in [0.25, 0.3) is 0 Å². The summed E-state index contributed by atoms with van der Waals surface area (Å²) >= 11 is 3.34. The quantitative estimate of drug-likeness (QED) is 0.756. The summed E-state index contributed by atoms with van der Waals surface area (Å²) in [4.78, 5) is 17.8. The van der Waals surface area contributed by atoms with Gasteiger partial charge < -0.3 is 14.4 Å². The highest BCUT2D eigenvalue weighted by Crippen LogP contribution is 2.19. The minimum absolute atomic E-state index is 0.110. The first-order valence-corrected chi connectivity index (χ1v) is 8.18. The predicted molar refractivity (Wildman–Crippen MR) is 83.4 cm³/mol. The van der Waals surface area contributed by atoms with E-state index >= 15 is 0 Å². The van der Waals surface area contributed by atoms with Crippen molar-refractivity contribution in [3.8, 4) is 5.88 Å². The molecule has 0 saturated carbocycles. The van der Waals surface area contributed by atoms with E-state index < -0.39 is 0 Å². The van der Waals surface area contributed by atoms with Gasteiger partial charge >= 0.3 is 6.09 Å². The molecule has 1 aromatic heterocycles. The number of aromatic nitrogens is 1. The highest BCUT2D eigenvalue weighted by Gasteiger charge is 2.24. The van der Waals surface area contributed by atoms with Crippen molar-refractivity contribution in [2.24, 2.45) is 0 Å². The first-order chi connectivity index (χ1) is 10.2. The lowest BCUT2D eigenvalue weighted by atomic mass is 10.1. The van der Waals surface area contributed by atoms with Crippen molar-refractivity contribution in [2.45, 2.75) is 38.7 Å². The van der Waals surface area contributed by atoms with Crippen molar-refractivity contribution in [3.63, 3.8) is 0 Å². The number of carbonyl (C=O) groups excluding carboxylic acids is 1. The summed E-state index contributed by atoms with van der Waals surface area (Å²) in [6, 6.07) is 3.75. The van der Waals surface area contributed by atoms with Crippen LogP contribution in [0.5, 0.6) is 5.88 Å². The predicted octanol–water partition coefficient (Wildman–Crippen LogP) is 3.62. The molecule has 116 valence electrons. The van der Waals surface area contributed by atoms with Crippen LogP contribution < -0.4 is 4.74 Å². The van der Waals surface area contributed by atoms with Gasteiger partial charge in [0.1, 0.15) is 6.10 Å². The smallest absolute Gasteiger partial charge is 0.409 e. The van der Waals surface area contributed by atoms with E-state index in [1.54, 1.807) is 11.1 Å². The fourth-order valence-electron chi connectivity index (χ4n) is 2.15. The third-order valence-corrected chi connectivity index (χ3v) is 3.88. The van der Waals surface area contributed by atoms with E-state index in [1.807, 2.05) is 12.1 Å². The molecule has 5 nitrogen and oxygen atoms in total. The number of piperidine rings is 1. The van der Waals surface area contributed by atoms with E-state index in [-0.39, 0.29) is 12.2 Å². The lowest BCUT2D eigenvalue weighted by Gasteiger charge is -2.31. The van der Waals surface area contributed by atoms with Gasteiger partial charge in [0.05, 0.1) is 6.61 Å². The van der Waals surface area contributed by atoms with Crippen LogP contribution in [-0.2, 0) is 4.74 Å². The number of likely N-dealkylation sites (tertiary alicyclic amines) is 1. The molecule has 0 atom stereocenters. The van der Waals surface area contributed by atoms with Crippen LogP contribution in [0, 0.1) is 0 Å². The molecule has 0 bridgehead atoms. The summed E-state index contributed by atoms with van der Waals surface area (Å²) in [5.74, 6) is 0.627. The van der Waals surface area contributed by atoms with Crippen LogP contribution in [-0.4, -0.2) is 41.8 Å². The van der Waals surface area contributed by atoms with Gasteiger partial charge in [0.2, 0.25) is 5.88 Å². The van der Waals surface area contributed by atoms with E-state index in [9.17, 15) is 4.79 Å². The van der Waals surface area contributed by atoms with Gasteiger partial charge in [-0.3, -0.25) is 0 Å². The number of unbranched alkanes of at least 4 members (excludes halogenated alkanes) is 1. The number of hydrogen-bond acceptors (Lipinski definition) is 4. The SMILES string of the molecule is CCCCOC(=O)N1CCC(Oc2ccc(Br)cn2)CC1. The third-order valence-electron chi connectivity index (χ3n) is 3.41. The van der Waals surface area contributed by atoms with Gasteiger partial charge in [-0.15, -0.1) is 0 Å². The maximum atomic E-state index is 11.8. The summed E-state index contributed by atoms with van der Waals surface area (Å²) < 4.78 is 12.0. The van der Waals surface area contributed by atoms with Crippen molar-refractivity contribution in [1.29, 1.82) is 0 Å². The molecule has 2 heterocycles. The second kappa shape index (κ2) is 8.22. The molecule has 21 heavy (non-hydrogen) atoms. The Labute approximate surface area is 133 Å². The summed E-state index contributed by atoms with van der Waals surface area (Å²) in [6.45, 7) is 3.93. The zero-order valence-electron chi connectivity index (χ0n) is 12.3. The van der Waals surface area contributed by atoms with Crippen molar-refractivity contribution >= 4 is 22.0 Å². The molecule has 0 N–H and O–H groups in total. The number of halogens is 1. The van der Waals surface area contributed by atoms with Gasteiger partial charge in [-0.1, -0.05) is 13.3 Å². The molecule has 1 aliphatic rings. The Bertz CT molecular complexity index is 445. The summed E-state index contributed by atoms with van der Waals surface area (Å²) in [5, 5.41) is 0. The van der Waals surface area contributed by atoms with Crippen LogP contribution >= 0.6 is 15.9 Å². The normalized spacial score (nSPS) is 15.8. The fourth-order valence-corrected chi connectivity index (χ4v) is 2.39. The van der Waals surface area contributed by atoms with E-state index in [2.05, 4.69) is 27.8 Å². The Hall–Kier alpha value is -1.30. The lowest BCUT2D eigenvalue weighted by molar-refractivity contribution is 0.0656. The molecule has 0 aromatic carbocycles. The number of ether oxygens (including phenoxy) is 2. The average molecular weight is 357 g/mol. The maximum Gasteiger partial charge on any atom is 0.409 e. The Balaban J connectivity index is 1.72. The lowest BCUT2D eigenvalue weighted by Crippen LogP contribution is -2.42. The molecule has 1 aliphatic heterocycles. The van der Waals surface area contributed by atoms with Crippen LogP contribution in [0.15, 0.2) is 22.8 Å². The van der Waals surface area contributed by atoms with Crippen molar-refractivity contribution in [1.82, 2.24) is 9.88 Å². The standard InChI is InChI=1S/C15H21BrN2O3/c1-2-3-10-20-15(19)18-8-6-13(7-9-18)21-14-5-4-12(16)11-17-14/h4-5,11,13H,2-3,6-10H2,1H3. The molecule has 0 aliphatic carbocycles. The Morgan fingerprint density at radius 2 is 2.19 bits per heavy atom. The first-order valence-electron chi connectivity index (χ1n) is 7.39. The Morgan fingerprint density at radius 3 is 2.81 bits per heavy atom. The van der Waals surface area contributed by atoms with Gasteiger partial charge in [-0.05, 0) is 28.4 Å².